The second-order valence-corrected chi connectivity index (χ2v) is 7.43. The number of rotatable bonds is 8. The van der Waals surface area contributed by atoms with Crippen molar-refractivity contribution in [3.05, 3.63) is 58.3 Å². The van der Waals surface area contributed by atoms with Crippen LogP contribution in [0.15, 0.2) is 42.7 Å². The van der Waals surface area contributed by atoms with Gasteiger partial charge in [0.25, 0.3) is 0 Å². The molecule has 3 rings (SSSR count). The molecule has 3 aromatic rings. The molecule has 13 heteroatoms. The third-order valence-corrected chi connectivity index (χ3v) is 5.14. The van der Waals surface area contributed by atoms with E-state index in [9.17, 15) is 18.0 Å². The van der Waals surface area contributed by atoms with E-state index in [1.54, 1.807) is 0 Å². The number of amides is 1. The Hall–Kier alpha value is -3.44. The van der Waals surface area contributed by atoms with E-state index < -0.39 is 17.6 Å². The Morgan fingerprint density at radius 1 is 1.00 bits per heavy atom. The van der Waals surface area contributed by atoms with Gasteiger partial charge in [0.2, 0.25) is 5.91 Å². The molecule has 0 saturated heterocycles. The average Bonchev–Trinajstić information content (AvgIpc) is 2.79. The Kier molecular flexibility index (Phi) is 7.90. The number of methoxy groups -OCH3 is 2. The molecule has 180 valence electrons. The Labute approximate surface area is 202 Å². The van der Waals surface area contributed by atoms with Gasteiger partial charge in [-0.05, 0) is 24.3 Å². The zero-order valence-electron chi connectivity index (χ0n) is 17.8. The molecule has 34 heavy (non-hydrogen) atoms. The molecule has 0 fully saturated rings. The van der Waals surface area contributed by atoms with Crippen molar-refractivity contribution in [2.24, 2.45) is 0 Å². The highest BCUT2D eigenvalue weighted by molar-refractivity contribution is 6.39. The van der Waals surface area contributed by atoms with Crippen LogP contribution in [0.3, 0.4) is 0 Å². The molecule has 0 saturated carbocycles. The topological polar surface area (TPSA) is 97.4 Å². The van der Waals surface area contributed by atoms with E-state index >= 15 is 0 Å². The lowest BCUT2D eigenvalue weighted by Gasteiger charge is -2.15. The van der Waals surface area contributed by atoms with Crippen molar-refractivity contribution in [3.63, 3.8) is 0 Å². The van der Waals surface area contributed by atoms with Gasteiger partial charge in [0.15, 0.2) is 5.75 Å². The van der Waals surface area contributed by atoms with Crippen molar-refractivity contribution in [3.8, 4) is 11.5 Å². The van der Waals surface area contributed by atoms with Gasteiger partial charge in [0.05, 0.1) is 32.0 Å². The lowest BCUT2D eigenvalue weighted by atomic mass is 10.2. The highest BCUT2D eigenvalue weighted by Gasteiger charge is 2.29. The fourth-order valence-corrected chi connectivity index (χ4v) is 3.44. The van der Waals surface area contributed by atoms with E-state index in [0.29, 0.717) is 17.1 Å². The van der Waals surface area contributed by atoms with Gasteiger partial charge in [0.1, 0.15) is 33.8 Å². The molecule has 0 aliphatic rings. The Morgan fingerprint density at radius 3 is 2.29 bits per heavy atom. The van der Waals surface area contributed by atoms with E-state index in [2.05, 4.69) is 25.9 Å². The molecule has 3 N–H and O–H groups in total. The molecular formula is C21H18Cl2F3N5O3. The van der Waals surface area contributed by atoms with Crippen LogP contribution >= 0.6 is 23.2 Å². The van der Waals surface area contributed by atoms with Crippen LogP contribution in [0, 0.1) is 0 Å². The van der Waals surface area contributed by atoms with Crippen LogP contribution in [0.2, 0.25) is 10.0 Å². The van der Waals surface area contributed by atoms with E-state index in [1.807, 2.05) is 0 Å². The van der Waals surface area contributed by atoms with Gasteiger partial charge in [-0.2, -0.15) is 13.2 Å². The number of hydrogen-bond acceptors (Lipinski definition) is 7. The number of nitrogens with one attached hydrogen (secondary N) is 3. The van der Waals surface area contributed by atoms with Gasteiger partial charge in [0, 0.05) is 17.8 Å². The fraction of sp³-hybridized carbons (Fsp3) is 0.190. The first-order chi connectivity index (χ1) is 16.1. The smallest absolute Gasteiger partial charge is 0.416 e. The van der Waals surface area contributed by atoms with E-state index in [4.69, 9.17) is 32.7 Å². The van der Waals surface area contributed by atoms with E-state index in [-0.39, 0.29) is 34.0 Å². The summed E-state index contributed by atoms with van der Waals surface area (Å²) in [5, 5.41) is 8.67. The van der Waals surface area contributed by atoms with Crippen LogP contribution in [0.4, 0.5) is 36.2 Å². The molecule has 2 aromatic carbocycles. The summed E-state index contributed by atoms with van der Waals surface area (Å²) in [5.41, 5.74) is -0.0228. The van der Waals surface area contributed by atoms with Gasteiger partial charge >= 0.3 is 6.18 Å². The minimum atomic E-state index is -4.43. The number of nitrogens with zero attached hydrogens (tertiary/aromatic N) is 2. The molecule has 0 aliphatic heterocycles. The summed E-state index contributed by atoms with van der Waals surface area (Å²) < 4.78 is 48.4. The monoisotopic (exact) mass is 515 g/mol. The minimum absolute atomic E-state index is 0.172. The first kappa shape index (κ1) is 25.2. The third kappa shape index (κ3) is 6.12. The zero-order valence-corrected chi connectivity index (χ0v) is 19.3. The van der Waals surface area contributed by atoms with Crippen LogP contribution in [-0.4, -0.2) is 36.6 Å². The van der Waals surface area contributed by atoms with Crippen LogP contribution in [0.5, 0.6) is 11.5 Å². The van der Waals surface area contributed by atoms with Crippen LogP contribution in [0.1, 0.15) is 5.56 Å². The fourth-order valence-electron chi connectivity index (χ4n) is 2.79. The summed E-state index contributed by atoms with van der Waals surface area (Å²) in [7, 11) is 2.82. The number of anilines is 4. The Balaban J connectivity index is 1.64. The average molecular weight is 516 g/mol. The molecule has 0 spiro atoms. The van der Waals surface area contributed by atoms with Crippen molar-refractivity contribution < 1.29 is 27.4 Å². The van der Waals surface area contributed by atoms with Crippen molar-refractivity contribution in [2.45, 2.75) is 6.18 Å². The SMILES string of the molecule is COc1cc(NCC(=O)Nc2cc(Nc3ccc(C(F)(F)F)cc3)ncn2)c(Cl)c(OC)c1Cl. The van der Waals surface area contributed by atoms with Gasteiger partial charge < -0.3 is 25.4 Å². The quantitative estimate of drug-likeness (QED) is 0.358. The number of carbonyl (C=O) groups excluding carboxylic acids is 1. The van der Waals surface area contributed by atoms with Crippen LogP contribution < -0.4 is 25.4 Å². The van der Waals surface area contributed by atoms with Crippen LogP contribution in [-0.2, 0) is 11.0 Å². The standard InChI is InChI=1S/C21H18Cl2F3N5O3/c1-33-14-7-13(18(22)20(34-2)19(14)23)27-9-17(32)31-16-8-15(28-10-29-16)30-12-5-3-11(4-6-12)21(24,25)26/h3-8,10,27H,9H2,1-2H3,(H2,28,29,30,31,32). The highest BCUT2D eigenvalue weighted by Crippen LogP contribution is 2.44. The molecular weight excluding hydrogens is 498 g/mol. The number of halogens is 5. The van der Waals surface area contributed by atoms with Gasteiger partial charge in [-0.3, -0.25) is 4.79 Å². The number of alkyl halides is 3. The second-order valence-electron chi connectivity index (χ2n) is 6.68. The molecule has 0 bridgehead atoms. The number of ether oxygens (including phenoxy) is 2. The Morgan fingerprint density at radius 2 is 1.68 bits per heavy atom. The summed E-state index contributed by atoms with van der Waals surface area (Å²) in [5.74, 6) is 0.492. The molecule has 0 aliphatic carbocycles. The molecule has 8 nitrogen and oxygen atoms in total. The zero-order chi connectivity index (χ0) is 24.9. The predicted molar refractivity (Wildman–Crippen MR) is 123 cm³/mol. The Bertz CT molecular complexity index is 1180. The summed E-state index contributed by atoms with van der Waals surface area (Å²) in [6.07, 6.45) is -3.23. The van der Waals surface area contributed by atoms with Gasteiger partial charge in [-0.15, -0.1) is 0 Å². The minimum Gasteiger partial charge on any atom is -0.495 e. The van der Waals surface area contributed by atoms with Crippen molar-refractivity contribution in [1.29, 1.82) is 0 Å². The lowest BCUT2D eigenvalue weighted by Crippen LogP contribution is -2.22. The third-order valence-electron chi connectivity index (χ3n) is 4.41. The predicted octanol–water partition coefficient (Wildman–Crippen LogP) is 5.61. The summed E-state index contributed by atoms with van der Waals surface area (Å²) in [4.78, 5) is 20.3. The van der Waals surface area contributed by atoms with Crippen LogP contribution in [0.25, 0.3) is 0 Å². The molecule has 1 amide bonds. The van der Waals surface area contributed by atoms with Crippen molar-refractivity contribution in [1.82, 2.24) is 9.97 Å². The maximum Gasteiger partial charge on any atom is 0.416 e. The lowest BCUT2D eigenvalue weighted by molar-refractivity contribution is -0.137. The number of benzene rings is 2. The first-order valence-corrected chi connectivity index (χ1v) is 10.3. The summed E-state index contributed by atoms with van der Waals surface area (Å²) >= 11 is 12.4. The van der Waals surface area contributed by atoms with Gasteiger partial charge in [-0.1, -0.05) is 23.2 Å². The molecule has 0 atom stereocenters. The number of aromatic nitrogens is 2. The second kappa shape index (κ2) is 10.7. The largest absolute Gasteiger partial charge is 0.495 e. The molecule has 0 unspecified atom stereocenters. The van der Waals surface area contributed by atoms with E-state index in [0.717, 1.165) is 12.1 Å². The highest BCUT2D eigenvalue weighted by atomic mass is 35.5. The molecule has 0 radical (unpaired) electrons. The maximum atomic E-state index is 12.7. The summed E-state index contributed by atoms with van der Waals surface area (Å²) in [6, 6.07) is 7.39. The molecule has 1 aromatic heterocycles. The number of carbonyl (C=O) groups is 1. The van der Waals surface area contributed by atoms with Crippen molar-refractivity contribution in [2.75, 3.05) is 36.7 Å². The normalized spacial score (nSPS) is 11.0. The summed E-state index contributed by atoms with van der Waals surface area (Å²) in [6.45, 7) is -0.181. The maximum absolute atomic E-state index is 12.7. The van der Waals surface area contributed by atoms with E-state index in [1.165, 1.54) is 44.8 Å². The number of hydrogen-bond donors (Lipinski definition) is 3. The van der Waals surface area contributed by atoms with Gasteiger partial charge in [-0.25, -0.2) is 9.97 Å². The molecule has 1 heterocycles. The first-order valence-electron chi connectivity index (χ1n) is 9.52. The van der Waals surface area contributed by atoms with Crippen molar-refractivity contribution >= 4 is 52.1 Å².